The van der Waals surface area contributed by atoms with Crippen LogP contribution in [0.4, 0.5) is 0 Å². The van der Waals surface area contributed by atoms with Gasteiger partial charge in [-0.25, -0.2) is 0 Å². The average Bonchev–Trinajstić information content (AvgIpc) is 2.15. The molecule has 0 radical (unpaired) electrons. The molecule has 0 heterocycles. The zero-order chi connectivity index (χ0) is 9.68. The maximum absolute atomic E-state index is 3.55. The highest BCUT2D eigenvalue weighted by molar-refractivity contribution is 9.10. The monoisotopic (exact) mass is 241 g/mol. The van der Waals surface area contributed by atoms with E-state index < -0.39 is 0 Å². The molecular formula is C11H16BrN. The Balaban J connectivity index is 2.65. The van der Waals surface area contributed by atoms with Crippen LogP contribution in [-0.2, 0) is 0 Å². The van der Waals surface area contributed by atoms with Crippen molar-refractivity contribution in [3.05, 3.63) is 34.3 Å². The summed E-state index contributed by atoms with van der Waals surface area (Å²) in [6.07, 6.45) is 1.18. The highest BCUT2D eigenvalue weighted by Gasteiger charge is 2.06. The van der Waals surface area contributed by atoms with E-state index in [1.165, 1.54) is 16.5 Å². The van der Waals surface area contributed by atoms with Crippen molar-refractivity contribution in [1.29, 1.82) is 0 Å². The van der Waals surface area contributed by atoms with E-state index in [1.54, 1.807) is 0 Å². The SMILES string of the molecule is CCCN[C@@H](C)c1ccccc1Br. The summed E-state index contributed by atoms with van der Waals surface area (Å²) < 4.78 is 1.19. The molecule has 0 unspecified atom stereocenters. The van der Waals surface area contributed by atoms with Gasteiger partial charge >= 0.3 is 0 Å². The third kappa shape index (κ3) is 3.12. The van der Waals surface area contributed by atoms with Gasteiger partial charge in [0.05, 0.1) is 0 Å². The van der Waals surface area contributed by atoms with Crippen LogP contribution in [0.1, 0.15) is 31.9 Å². The molecule has 1 rings (SSSR count). The summed E-state index contributed by atoms with van der Waals surface area (Å²) in [7, 11) is 0. The molecule has 1 atom stereocenters. The van der Waals surface area contributed by atoms with E-state index in [-0.39, 0.29) is 0 Å². The summed E-state index contributed by atoms with van der Waals surface area (Å²) in [5, 5.41) is 3.46. The molecule has 13 heavy (non-hydrogen) atoms. The van der Waals surface area contributed by atoms with Crippen LogP contribution in [0.25, 0.3) is 0 Å². The highest BCUT2D eigenvalue weighted by Crippen LogP contribution is 2.22. The molecule has 0 fully saturated rings. The summed E-state index contributed by atoms with van der Waals surface area (Å²) in [6.45, 7) is 5.44. The Hall–Kier alpha value is -0.340. The van der Waals surface area contributed by atoms with Crippen LogP contribution >= 0.6 is 15.9 Å². The lowest BCUT2D eigenvalue weighted by Gasteiger charge is -2.14. The van der Waals surface area contributed by atoms with Crippen LogP contribution in [0.5, 0.6) is 0 Å². The molecule has 0 amide bonds. The first-order valence-corrected chi connectivity index (χ1v) is 5.52. The van der Waals surface area contributed by atoms with Crippen molar-refractivity contribution < 1.29 is 0 Å². The Morgan fingerprint density at radius 2 is 2.08 bits per heavy atom. The molecule has 1 aromatic rings. The third-order valence-electron chi connectivity index (χ3n) is 2.07. The van der Waals surface area contributed by atoms with Gasteiger partial charge in [-0.2, -0.15) is 0 Å². The summed E-state index contributed by atoms with van der Waals surface area (Å²) >= 11 is 3.55. The van der Waals surface area contributed by atoms with E-state index in [2.05, 4.69) is 53.3 Å². The Morgan fingerprint density at radius 1 is 1.38 bits per heavy atom. The molecule has 0 saturated carbocycles. The van der Waals surface area contributed by atoms with Gasteiger partial charge in [0.1, 0.15) is 0 Å². The van der Waals surface area contributed by atoms with Crippen LogP contribution < -0.4 is 5.32 Å². The first kappa shape index (κ1) is 10.7. The van der Waals surface area contributed by atoms with Crippen LogP contribution in [0.3, 0.4) is 0 Å². The van der Waals surface area contributed by atoms with Crippen LogP contribution in [0.15, 0.2) is 28.7 Å². The number of nitrogens with one attached hydrogen (secondary N) is 1. The first-order valence-electron chi connectivity index (χ1n) is 4.73. The molecule has 1 aromatic carbocycles. The van der Waals surface area contributed by atoms with Gasteiger partial charge in [-0.3, -0.25) is 0 Å². The lowest BCUT2D eigenvalue weighted by molar-refractivity contribution is 0.569. The summed E-state index contributed by atoms with van der Waals surface area (Å²) in [5.74, 6) is 0. The van der Waals surface area contributed by atoms with Crippen molar-refractivity contribution in [2.45, 2.75) is 26.3 Å². The molecule has 0 aromatic heterocycles. The van der Waals surface area contributed by atoms with Crippen molar-refractivity contribution in [2.24, 2.45) is 0 Å². The second kappa shape index (κ2) is 5.40. The number of hydrogen-bond acceptors (Lipinski definition) is 1. The van der Waals surface area contributed by atoms with Crippen LogP contribution in [0.2, 0.25) is 0 Å². The molecule has 1 nitrogen and oxygen atoms in total. The summed E-state index contributed by atoms with van der Waals surface area (Å²) in [6, 6.07) is 8.77. The Labute approximate surface area is 88.7 Å². The number of rotatable bonds is 4. The third-order valence-corrected chi connectivity index (χ3v) is 2.79. The topological polar surface area (TPSA) is 12.0 Å². The normalized spacial score (nSPS) is 12.8. The van der Waals surface area contributed by atoms with Crippen molar-refractivity contribution >= 4 is 15.9 Å². The maximum atomic E-state index is 3.55. The average molecular weight is 242 g/mol. The van der Waals surface area contributed by atoms with Gasteiger partial charge in [0, 0.05) is 10.5 Å². The number of halogens is 1. The predicted octanol–water partition coefficient (Wildman–Crippen LogP) is 3.51. The summed E-state index contributed by atoms with van der Waals surface area (Å²) in [4.78, 5) is 0. The smallest absolute Gasteiger partial charge is 0.0302 e. The van der Waals surface area contributed by atoms with E-state index in [1.807, 2.05) is 6.07 Å². The van der Waals surface area contributed by atoms with Gasteiger partial charge in [-0.05, 0) is 31.5 Å². The van der Waals surface area contributed by atoms with E-state index in [9.17, 15) is 0 Å². The zero-order valence-electron chi connectivity index (χ0n) is 8.18. The Bertz CT molecular complexity index is 260. The fraction of sp³-hybridized carbons (Fsp3) is 0.455. The molecule has 0 aliphatic carbocycles. The molecule has 2 heteroatoms. The number of benzene rings is 1. The Kier molecular flexibility index (Phi) is 4.46. The fourth-order valence-electron chi connectivity index (χ4n) is 1.30. The van der Waals surface area contributed by atoms with E-state index in [4.69, 9.17) is 0 Å². The summed E-state index contributed by atoms with van der Waals surface area (Å²) in [5.41, 5.74) is 1.33. The van der Waals surface area contributed by atoms with Crippen molar-refractivity contribution in [3.8, 4) is 0 Å². The standard InChI is InChI=1S/C11H16BrN/c1-3-8-13-9(2)10-6-4-5-7-11(10)12/h4-7,9,13H,3,8H2,1-2H3/t9-/m0/s1. The van der Waals surface area contributed by atoms with Crippen molar-refractivity contribution in [2.75, 3.05) is 6.54 Å². The second-order valence-corrected chi connectivity index (χ2v) is 4.05. The maximum Gasteiger partial charge on any atom is 0.0302 e. The van der Waals surface area contributed by atoms with Gasteiger partial charge in [-0.1, -0.05) is 41.1 Å². The fourth-order valence-corrected chi connectivity index (χ4v) is 1.93. The van der Waals surface area contributed by atoms with Gasteiger partial charge in [0.2, 0.25) is 0 Å². The zero-order valence-corrected chi connectivity index (χ0v) is 9.76. The lowest BCUT2D eigenvalue weighted by atomic mass is 10.1. The van der Waals surface area contributed by atoms with Crippen LogP contribution in [0, 0.1) is 0 Å². The second-order valence-electron chi connectivity index (χ2n) is 3.20. The van der Waals surface area contributed by atoms with Crippen LogP contribution in [-0.4, -0.2) is 6.54 Å². The number of hydrogen-bond donors (Lipinski definition) is 1. The molecule has 1 N–H and O–H groups in total. The van der Waals surface area contributed by atoms with E-state index >= 15 is 0 Å². The quantitative estimate of drug-likeness (QED) is 0.851. The Morgan fingerprint density at radius 3 is 2.69 bits per heavy atom. The molecule has 0 saturated heterocycles. The minimum Gasteiger partial charge on any atom is -0.310 e. The van der Waals surface area contributed by atoms with E-state index in [0.717, 1.165) is 6.54 Å². The first-order chi connectivity index (χ1) is 6.25. The van der Waals surface area contributed by atoms with Crippen molar-refractivity contribution in [1.82, 2.24) is 5.32 Å². The molecule has 72 valence electrons. The lowest BCUT2D eigenvalue weighted by Crippen LogP contribution is -2.19. The van der Waals surface area contributed by atoms with Gasteiger partial charge in [0.15, 0.2) is 0 Å². The molecule has 0 bridgehead atoms. The van der Waals surface area contributed by atoms with Gasteiger partial charge in [-0.15, -0.1) is 0 Å². The molecule has 0 aliphatic heterocycles. The minimum atomic E-state index is 0.426. The minimum absolute atomic E-state index is 0.426. The van der Waals surface area contributed by atoms with Gasteiger partial charge < -0.3 is 5.32 Å². The van der Waals surface area contributed by atoms with E-state index in [0.29, 0.717) is 6.04 Å². The van der Waals surface area contributed by atoms with Crippen molar-refractivity contribution in [3.63, 3.8) is 0 Å². The molecule has 0 aliphatic rings. The molecule has 0 spiro atoms. The van der Waals surface area contributed by atoms with Gasteiger partial charge in [0.25, 0.3) is 0 Å². The molecular weight excluding hydrogens is 226 g/mol. The largest absolute Gasteiger partial charge is 0.310 e. The highest BCUT2D eigenvalue weighted by atomic mass is 79.9. The predicted molar refractivity (Wildman–Crippen MR) is 60.9 cm³/mol.